The van der Waals surface area contributed by atoms with Crippen LogP contribution in [0.25, 0.3) is 0 Å². The maximum Gasteiger partial charge on any atom is 0.0501 e. The number of carboxylic acids is 2. The van der Waals surface area contributed by atoms with Gasteiger partial charge in [0.2, 0.25) is 0 Å². The summed E-state index contributed by atoms with van der Waals surface area (Å²) in [7, 11) is 0. The molecule has 13 heavy (non-hydrogen) atoms. The van der Waals surface area contributed by atoms with E-state index in [0.29, 0.717) is 6.42 Å². The summed E-state index contributed by atoms with van der Waals surface area (Å²) >= 11 is 0. The van der Waals surface area contributed by atoms with Crippen LogP contribution < -0.4 is 10.2 Å². The van der Waals surface area contributed by atoms with Gasteiger partial charge in [-0.25, -0.2) is 0 Å². The fourth-order valence-corrected chi connectivity index (χ4v) is 1.11. The predicted molar refractivity (Wildman–Crippen MR) is 42.3 cm³/mol. The maximum absolute atomic E-state index is 10.3. The van der Waals surface area contributed by atoms with Crippen molar-refractivity contribution < 1.29 is 19.8 Å². The number of hydrogen-bond donors (Lipinski definition) is 0. The summed E-state index contributed by atoms with van der Waals surface area (Å²) in [6, 6.07) is 0. The van der Waals surface area contributed by atoms with Crippen LogP contribution in [0.3, 0.4) is 0 Å². The smallest absolute Gasteiger partial charge is 0.0501 e. The zero-order valence-electron chi connectivity index (χ0n) is 7.75. The molecular formula is C9H14O4-2. The molecule has 0 aromatic rings. The molecule has 0 aromatic carbocycles. The van der Waals surface area contributed by atoms with Crippen molar-refractivity contribution in [2.75, 3.05) is 0 Å². The highest BCUT2D eigenvalue weighted by Gasteiger charge is 2.09. The van der Waals surface area contributed by atoms with E-state index in [2.05, 4.69) is 0 Å². The number of carbonyl (C=O) groups excluding carboxylic acids is 2. The van der Waals surface area contributed by atoms with Crippen molar-refractivity contribution in [3.05, 3.63) is 0 Å². The van der Waals surface area contributed by atoms with Crippen molar-refractivity contribution in [1.82, 2.24) is 0 Å². The monoisotopic (exact) mass is 186 g/mol. The number of hydrogen-bond acceptors (Lipinski definition) is 4. The van der Waals surface area contributed by atoms with Crippen LogP contribution in [-0.2, 0) is 9.59 Å². The second-order valence-corrected chi connectivity index (χ2v) is 3.04. The van der Waals surface area contributed by atoms with E-state index in [1.165, 1.54) is 0 Å². The summed E-state index contributed by atoms with van der Waals surface area (Å²) in [5.74, 6) is -4.54. The quantitative estimate of drug-likeness (QED) is 0.380. The zero-order valence-corrected chi connectivity index (χ0v) is 7.75. The maximum atomic E-state index is 10.3. The number of rotatable bonds is 7. The van der Waals surface area contributed by atoms with Crippen LogP contribution in [0.1, 0.15) is 39.0 Å². The summed E-state index contributed by atoms with van der Waals surface area (Å²) in [5.41, 5.74) is 0. The van der Waals surface area contributed by atoms with E-state index in [4.69, 9.17) is 0 Å². The van der Waals surface area contributed by atoms with E-state index < -0.39 is 17.9 Å². The van der Waals surface area contributed by atoms with E-state index in [9.17, 15) is 19.8 Å². The third-order valence-corrected chi connectivity index (χ3v) is 1.92. The van der Waals surface area contributed by atoms with Gasteiger partial charge in [0.15, 0.2) is 0 Å². The molecule has 0 fully saturated rings. The Bertz CT molecular complexity index is 162. The molecule has 0 bridgehead atoms. The molecule has 0 saturated heterocycles. The minimum absolute atomic E-state index is 0.116. The van der Waals surface area contributed by atoms with Gasteiger partial charge in [-0.1, -0.05) is 32.6 Å². The predicted octanol–water partition coefficient (Wildman–Crippen LogP) is -0.927. The van der Waals surface area contributed by atoms with Crippen LogP contribution in [0.4, 0.5) is 0 Å². The first-order chi connectivity index (χ1) is 6.09. The summed E-state index contributed by atoms with van der Waals surface area (Å²) in [5, 5.41) is 20.5. The normalized spacial score (nSPS) is 10.3. The third kappa shape index (κ3) is 5.22. The lowest BCUT2D eigenvalue weighted by molar-refractivity contribution is -0.332. The highest BCUT2D eigenvalue weighted by Crippen LogP contribution is 2.09. The Morgan fingerprint density at radius 3 is 2.00 bits per heavy atom. The first-order valence-corrected chi connectivity index (χ1v) is 4.51. The molecule has 0 rings (SSSR count). The molecule has 0 aliphatic heterocycles. The van der Waals surface area contributed by atoms with Crippen LogP contribution in [-0.4, -0.2) is 11.9 Å². The van der Waals surface area contributed by atoms with Gasteiger partial charge in [0.1, 0.15) is 0 Å². The largest absolute Gasteiger partial charge is 0.549 e. The molecule has 0 saturated carbocycles. The van der Waals surface area contributed by atoms with Crippen molar-refractivity contribution >= 4 is 11.9 Å². The Morgan fingerprint density at radius 1 is 1.08 bits per heavy atom. The van der Waals surface area contributed by atoms with Gasteiger partial charge in [0.25, 0.3) is 0 Å². The molecule has 0 amide bonds. The summed E-state index contributed by atoms with van der Waals surface area (Å²) in [6.07, 6.45) is 3.59. The van der Waals surface area contributed by atoms with Crippen LogP contribution in [0, 0.1) is 5.92 Å². The lowest BCUT2D eigenvalue weighted by Crippen LogP contribution is -2.43. The molecule has 0 aromatic heterocycles. The zero-order chi connectivity index (χ0) is 10.3. The van der Waals surface area contributed by atoms with Crippen LogP contribution in [0.15, 0.2) is 0 Å². The lowest BCUT2D eigenvalue weighted by Gasteiger charge is -2.18. The number of carbonyl (C=O) groups is 2. The average molecular weight is 186 g/mol. The average Bonchev–Trinajstić information content (AvgIpc) is 2.02. The number of carboxylic acid groups (broad SMARTS) is 2. The first kappa shape index (κ1) is 11.9. The molecule has 4 heteroatoms. The second-order valence-electron chi connectivity index (χ2n) is 3.04. The first-order valence-electron chi connectivity index (χ1n) is 4.51. The molecule has 0 spiro atoms. The van der Waals surface area contributed by atoms with Crippen molar-refractivity contribution in [2.24, 2.45) is 5.92 Å². The van der Waals surface area contributed by atoms with Crippen LogP contribution in [0.2, 0.25) is 0 Å². The van der Waals surface area contributed by atoms with Crippen LogP contribution in [0.5, 0.6) is 0 Å². The Hall–Kier alpha value is -1.06. The molecule has 0 radical (unpaired) electrons. The molecular weight excluding hydrogens is 172 g/mol. The molecule has 0 N–H and O–H groups in total. The standard InChI is InChI=1S/C9H16O4/c1-2-3-4-5-6-7(8(10)11)9(12)13/h7H,2-6H2,1H3,(H,10,11)(H,12,13)/p-2. The highest BCUT2D eigenvalue weighted by atomic mass is 16.4. The Balaban J connectivity index is 3.71. The van der Waals surface area contributed by atoms with Crippen molar-refractivity contribution in [3.8, 4) is 0 Å². The van der Waals surface area contributed by atoms with Gasteiger partial charge >= 0.3 is 0 Å². The molecule has 0 atom stereocenters. The number of unbranched alkanes of at least 4 members (excludes halogenated alkanes) is 3. The van der Waals surface area contributed by atoms with Gasteiger partial charge in [-0.15, -0.1) is 0 Å². The molecule has 4 nitrogen and oxygen atoms in total. The molecule has 0 aliphatic carbocycles. The Labute approximate surface area is 77.6 Å². The summed E-state index contributed by atoms with van der Waals surface area (Å²) in [6.45, 7) is 2.02. The fourth-order valence-electron chi connectivity index (χ4n) is 1.11. The fraction of sp³-hybridized carbons (Fsp3) is 0.778. The van der Waals surface area contributed by atoms with E-state index in [0.717, 1.165) is 19.3 Å². The van der Waals surface area contributed by atoms with Gasteiger partial charge < -0.3 is 19.8 Å². The van der Waals surface area contributed by atoms with Gasteiger partial charge in [-0.3, -0.25) is 0 Å². The summed E-state index contributed by atoms with van der Waals surface area (Å²) < 4.78 is 0. The van der Waals surface area contributed by atoms with Crippen molar-refractivity contribution in [2.45, 2.75) is 39.0 Å². The Morgan fingerprint density at radius 2 is 1.62 bits per heavy atom. The summed E-state index contributed by atoms with van der Waals surface area (Å²) in [4.78, 5) is 20.5. The molecule has 0 unspecified atom stereocenters. The van der Waals surface area contributed by atoms with E-state index in [-0.39, 0.29) is 6.42 Å². The minimum Gasteiger partial charge on any atom is -0.549 e. The third-order valence-electron chi connectivity index (χ3n) is 1.92. The Kier molecular flexibility index (Phi) is 5.93. The topological polar surface area (TPSA) is 80.3 Å². The van der Waals surface area contributed by atoms with E-state index in [1.807, 2.05) is 6.92 Å². The van der Waals surface area contributed by atoms with Crippen molar-refractivity contribution in [3.63, 3.8) is 0 Å². The lowest BCUT2D eigenvalue weighted by atomic mass is 10.0. The van der Waals surface area contributed by atoms with Crippen molar-refractivity contribution in [1.29, 1.82) is 0 Å². The van der Waals surface area contributed by atoms with Gasteiger partial charge in [0, 0.05) is 5.92 Å². The van der Waals surface area contributed by atoms with Gasteiger partial charge in [0.05, 0.1) is 11.9 Å². The SMILES string of the molecule is CCCCCCC(C(=O)[O-])C(=O)[O-]. The van der Waals surface area contributed by atoms with E-state index >= 15 is 0 Å². The number of aliphatic carboxylic acids is 2. The van der Waals surface area contributed by atoms with E-state index in [1.54, 1.807) is 0 Å². The van der Waals surface area contributed by atoms with Gasteiger partial charge in [-0.05, 0) is 6.42 Å². The highest BCUT2D eigenvalue weighted by molar-refractivity contribution is 5.90. The molecule has 76 valence electrons. The molecule has 0 aliphatic rings. The second kappa shape index (κ2) is 6.46. The molecule has 0 heterocycles. The van der Waals surface area contributed by atoms with Crippen LogP contribution >= 0.6 is 0 Å². The minimum atomic E-state index is -1.54. The van der Waals surface area contributed by atoms with Gasteiger partial charge in [-0.2, -0.15) is 0 Å².